The second-order valence-corrected chi connectivity index (χ2v) is 10.7. The van der Waals surface area contributed by atoms with Gasteiger partial charge in [0.05, 0.1) is 42.7 Å². The van der Waals surface area contributed by atoms with Crippen LogP contribution in [-0.2, 0) is 25.5 Å². The third-order valence-corrected chi connectivity index (χ3v) is 7.65. The van der Waals surface area contributed by atoms with Gasteiger partial charge in [0.15, 0.2) is 9.84 Å². The lowest BCUT2D eigenvalue weighted by Crippen LogP contribution is -2.59. The number of primary amides is 1. The fourth-order valence-corrected chi connectivity index (χ4v) is 5.91. The summed E-state index contributed by atoms with van der Waals surface area (Å²) in [6, 6.07) is -3.27. The number of alkyl halides is 3. The molecule has 12 nitrogen and oxygen atoms in total. The third-order valence-electron chi connectivity index (χ3n) is 5.80. The Morgan fingerprint density at radius 3 is 2.51 bits per heavy atom. The van der Waals surface area contributed by atoms with Crippen molar-refractivity contribution in [1.29, 1.82) is 0 Å². The number of nitrogens with zero attached hydrogens (tertiary/aromatic N) is 3. The number of sulfone groups is 1. The molecule has 2 fully saturated rings. The van der Waals surface area contributed by atoms with E-state index in [-0.39, 0.29) is 37.9 Å². The molecule has 3 atom stereocenters. The van der Waals surface area contributed by atoms with Gasteiger partial charge in [-0.05, 0) is 25.2 Å². The number of carbonyl (C=O) groups excluding carboxylic acids is 3. The minimum Gasteiger partial charge on any atom is -0.377 e. The van der Waals surface area contributed by atoms with Crippen LogP contribution < -0.4 is 11.1 Å². The van der Waals surface area contributed by atoms with E-state index in [4.69, 9.17) is 10.5 Å². The molecular weight excluding hydrogens is 499 g/mol. The number of hydrogen-bond acceptors (Lipinski definition) is 9. The first-order valence-electron chi connectivity index (χ1n) is 10.9. The summed E-state index contributed by atoms with van der Waals surface area (Å²) >= 11 is 0. The molecule has 3 amide bonds. The van der Waals surface area contributed by atoms with E-state index >= 15 is 0 Å². The van der Waals surface area contributed by atoms with Gasteiger partial charge in [0.25, 0.3) is 0 Å². The lowest BCUT2D eigenvalue weighted by Gasteiger charge is -2.38. The molecule has 1 aliphatic carbocycles. The molecule has 196 valence electrons. The average molecular weight is 526 g/mol. The summed E-state index contributed by atoms with van der Waals surface area (Å²) in [5.41, 5.74) is 5.42. The molecule has 2 aliphatic rings. The fourth-order valence-electron chi connectivity index (χ4n) is 3.80. The van der Waals surface area contributed by atoms with Crippen molar-refractivity contribution in [3.8, 4) is 0 Å². The van der Waals surface area contributed by atoms with Crippen LogP contribution in [0.3, 0.4) is 0 Å². The number of ether oxygens (including phenoxy) is 1. The Morgan fingerprint density at radius 1 is 1.29 bits per heavy atom. The molecule has 3 rings (SSSR count). The molecule has 1 saturated carbocycles. The van der Waals surface area contributed by atoms with E-state index < -0.39 is 69.2 Å². The minimum absolute atomic E-state index is 0.00426. The first-order chi connectivity index (χ1) is 16.3. The van der Waals surface area contributed by atoms with Gasteiger partial charge in [0, 0.05) is 6.54 Å². The molecule has 1 aliphatic heterocycles. The monoisotopic (exact) mass is 525 g/mol. The van der Waals surface area contributed by atoms with Crippen molar-refractivity contribution in [1.82, 2.24) is 20.4 Å². The second-order valence-electron chi connectivity index (χ2n) is 8.56. The smallest absolute Gasteiger partial charge is 0.377 e. The van der Waals surface area contributed by atoms with Gasteiger partial charge in [-0.1, -0.05) is 12.1 Å². The van der Waals surface area contributed by atoms with E-state index in [9.17, 15) is 36.0 Å². The molecule has 0 radical (unpaired) electrons. The van der Waals surface area contributed by atoms with Crippen molar-refractivity contribution in [2.24, 2.45) is 17.6 Å². The van der Waals surface area contributed by atoms with E-state index in [0.29, 0.717) is 0 Å². The molecule has 1 saturated heterocycles. The number of ketones is 1. The van der Waals surface area contributed by atoms with E-state index in [1.807, 2.05) is 0 Å². The standard InChI is InChI=1S/C19H26F3N5O7S/c1-2-12(14(28)15-25-17(34-26-15)19(20,21)22)24-16(29)11(9-35(31,32)8-10-3-4-10)13-7-33-6-5-27(13)18(23)30/h10-13H,2-9H2,1H3,(H2,23,30)(H,24,29)/t11-,12+,13?/m1/s1. The quantitative estimate of drug-likeness (QED) is 0.409. The molecule has 16 heteroatoms. The average Bonchev–Trinajstić information content (AvgIpc) is 3.42. The topological polar surface area (TPSA) is 175 Å². The van der Waals surface area contributed by atoms with Crippen LogP contribution in [0.25, 0.3) is 0 Å². The number of hydrogen-bond donors (Lipinski definition) is 2. The predicted octanol–water partition coefficient (Wildman–Crippen LogP) is 0.386. The van der Waals surface area contributed by atoms with Crippen LogP contribution in [0.4, 0.5) is 18.0 Å². The van der Waals surface area contributed by atoms with Crippen molar-refractivity contribution in [2.75, 3.05) is 31.3 Å². The van der Waals surface area contributed by atoms with Crippen LogP contribution in [0.5, 0.6) is 0 Å². The summed E-state index contributed by atoms with van der Waals surface area (Å²) in [6.07, 6.45) is -3.51. The Kier molecular flexibility index (Phi) is 8.03. The van der Waals surface area contributed by atoms with E-state index in [1.54, 1.807) is 0 Å². The normalized spacial score (nSPS) is 20.8. The number of urea groups is 1. The molecule has 0 aromatic carbocycles. The second kappa shape index (κ2) is 10.5. The number of carbonyl (C=O) groups is 3. The Hall–Kier alpha value is -2.75. The number of halogens is 3. The fraction of sp³-hybridized carbons (Fsp3) is 0.737. The highest BCUT2D eigenvalue weighted by Gasteiger charge is 2.43. The maximum absolute atomic E-state index is 13.3. The Labute approximate surface area is 198 Å². The molecule has 1 aromatic rings. The maximum atomic E-state index is 13.3. The van der Waals surface area contributed by atoms with Gasteiger partial charge in [-0.25, -0.2) is 13.2 Å². The largest absolute Gasteiger partial charge is 0.471 e. The summed E-state index contributed by atoms with van der Waals surface area (Å²) in [5.74, 6) is -6.64. The van der Waals surface area contributed by atoms with Crippen molar-refractivity contribution in [2.45, 2.75) is 44.4 Å². The SMILES string of the molecule is CC[C@H](NC(=O)[C@H](CS(=O)(=O)CC1CC1)C1COCCN1C(N)=O)C(=O)c1noc(C(F)(F)F)n1. The van der Waals surface area contributed by atoms with Gasteiger partial charge >= 0.3 is 18.1 Å². The van der Waals surface area contributed by atoms with Gasteiger partial charge in [0.2, 0.25) is 17.5 Å². The van der Waals surface area contributed by atoms with Gasteiger partial charge in [0.1, 0.15) is 0 Å². The molecule has 2 heterocycles. The molecule has 0 spiro atoms. The molecular formula is C19H26F3N5O7S. The van der Waals surface area contributed by atoms with E-state index in [2.05, 4.69) is 20.0 Å². The first-order valence-corrected chi connectivity index (χ1v) is 12.7. The van der Waals surface area contributed by atoms with Crippen LogP contribution in [-0.4, -0.2) is 84.5 Å². The van der Waals surface area contributed by atoms with Crippen molar-refractivity contribution in [3.05, 3.63) is 11.7 Å². The summed E-state index contributed by atoms with van der Waals surface area (Å²) in [5, 5.41) is 5.41. The van der Waals surface area contributed by atoms with Crippen molar-refractivity contribution >= 4 is 27.6 Å². The number of nitrogens with two attached hydrogens (primary N) is 1. The number of aromatic nitrogens is 2. The zero-order valence-corrected chi connectivity index (χ0v) is 19.6. The van der Waals surface area contributed by atoms with Crippen LogP contribution >= 0.6 is 0 Å². The zero-order chi connectivity index (χ0) is 26.0. The Balaban J connectivity index is 1.82. The Bertz CT molecular complexity index is 1060. The van der Waals surface area contributed by atoms with Crippen LogP contribution in [0.15, 0.2) is 4.52 Å². The Morgan fingerprint density at radius 2 is 1.97 bits per heavy atom. The molecule has 1 aromatic heterocycles. The molecule has 0 bridgehead atoms. The van der Waals surface area contributed by atoms with Crippen LogP contribution in [0.2, 0.25) is 0 Å². The first kappa shape index (κ1) is 26.8. The number of morpholine rings is 1. The summed E-state index contributed by atoms with van der Waals surface area (Å²) in [7, 11) is -3.73. The van der Waals surface area contributed by atoms with Crippen molar-refractivity contribution in [3.63, 3.8) is 0 Å². The van der Waals surface area contributed by atoms with Gasteiger partial charge < -0.3 is 25.2 Å². The van der Waals surface area contributed by atoms with Gasteiger partial charge in [-0.3, -0.25) is 9.59 Å². The van der Waals surface area contributed by atoms with E-state index in [0.717, 1.165) is 17.7 Å². The highest BCUT2D eigenvalue weighted by atomic mass is 32.2. The number of amides is 3. The number of Topliss-reactive ketones (excluding diaryl/α,β-unsaturated/α-hetero) is 1. The van der Waals surface area contributed by atoms with Crippen LogP contribution in [0, 0.1) is 11.8 Å². The minimum atomic E-state index is -4.96. The predicted molar refractivity (Wildman–Crippen MR) is 112 cm³/mol. The highest BCUT2D eigenvalue weighted by Crippen LogP contribution is 2.31. The lowest BCUT2D eigenvalue weighted by atomic mass is 9.97. The molecule has 35 heavy (non-hydrogen) atoms. The lowest BCUT2D eigenvalue weighted by molar-refractivity contribution is -0.159. The summed E-state index contributed by atoms with van der Waals surface area (Å²) in [4.78, 5) is 42.0. The molecule has 1 unspecified atom stereocenters. The van der Waals surface area contributed by atoms with Gasteiger partial charge in [-0.15, -0.1) is 0 Å². The third kappa shape index (κ3) is 6.90. The van der Waals surface area contributed by atoms with Crippen LogP contribution in [0.1, 0.15) is 42.7 Å². The maximum Gasteiger partial charge on any atom is 0.471 e. The molecule has 3 N–H and O–H groups in total. The number of rotatable bonds is 10. The summed E-state index contributed by atoms with van der Waals surface area (Å²) in [6.45, 7) is 1.49. The number of nitrogens with one attached hydrogen (secondary N) is 1. The zero-order valence-electron chi connectivity index (χ0n) is 18.8. The van der Waals surface area contributed by atoms with E-state index in [1.165, 1.54) is 6.92 Å². The summed E-state index contributed by atoms with van der Waals surface area (Å²) < 4.78 is 73.2. The highest BCUT2D eigenvalue weighted by molar-refractivity contribution is 7.91. The van der Waals surface area contributed by atoms with Gasteiger partial charge in [-0.2, -0.15) is 18.2 Å². The van der Waals surface area contributed by atoms with Crippen molar-refractivity contribution < 1.29 is 45.2 Å².